The van der Waals surface area contributed by atoms with Crippen LogP contribution in [0.25, 0.3) is 0 Å². The highest BCUT2D eigenvalue weighted by molar-refractivity contribution is 5.82. The van der Waals surface area contributed by atoms with Crippen LogP contribution in [0.4, 0.5) is 0 Å². The molecule has 0 bridgehead atoms. The maximum atomic E-state index is 11.9. The number of amides is 1. The molecule has 1 aliphatic heterocycles. The highest BCUT2D eigenvalue weighted by Gasteiger charge is 2.34. The summed E-state index contributed by atoms with van der Waals surface area (Å²) in [5, 5.41) is 11.6. The van der Waals surface area contributed by atoms with E-state index in [0.717, 1.165) is 18.6 Å². The molecule has 1 aromatic rings. The number of hydrogen-bond donors (Lipinski definition) is 2. The summed E-state index contributed by atoms with van der Waals surface area (Å²) in [5.41, 5.74) is 1.18. The largest absolute Gasteiger partial charge is 0.497 e. The molecule has 1 amide bonds. The lowest BCUT2D eigenvalue weighted by Crippen LogP contribution is -2.36. The van der Waals surface area contributed by atoms with E-state index in [1.807, 2.05) is 24.3 Å². The minimum atomic E-state index is -1.00. The topological polar surface area (TPSA) is 84.9 Å². The minimum Gasteiger partial charge on any atom is -0.497 e. The zero-order valence-corrected chi connectivity index (χ0v) is 12.6. The summed E-state index contributed by atoms with van der Waals surface area (Å²) in [4.78, 5) is 22.6. The highest BCUT2D eigenvalue weighted by Crippen LogP contribution is 2.20. The maximum absolute atomic E-state index is 11.9. The fraction of sp³-hybridized carbons (Fsp3) is 0.500. The smallest absolute Gasteiger partial charge is 0.332 e. The van der Waals surface area contributed by atoms with Crippen molar-refractivity contribution in [1.82, 2.24) is 5.32 Å². The van der Waals surface area contributed by atoms with Crippen LogP contribution in [0, 0.1) is 0 Å². The summed E-state index contributed by atoms with van der Waals surface area (Å²) >= 11 is 0. The highest BCUT2D eigenvalue weighted by atomic mass is 16.5. The molecule has 120 valence electrons. The zero-order chi connectivity index (χ0) is 15.9. The summed E-state index contributed by atoms with van der Waals surface area (Å²) in [6.45, 7) is 0.544. The molecule has 0 saturated carbocycles. The first-order chi connectivity index (χ1) is 10.6. The number of ether oxygens (including phenoxy) is 2. The van der Waals surface area contributed by atoms with Gasteiger partial charge in [-0.3, -0.25) is 4.79 Å². The van der Waals surface area contributed by atoms with Gasteiger partial charge in [0, 0.05) is 6.54 Å². The molecule has 0 aromatic heterocycles. The van der Waals surface area contributed by atoms with Crippen molar-refractivity contribution in [3.05, 3.63) is 29.8 Å². The first kappa shape index (κ1) is 16.3. The molecule has 0 aliphatic carbocycles. The fourth-order valence-corrected chi connectivity index (χ4v) is 2.42. The Morgan fingerprint density at radius 3 is 2.55 bits per heavy atom. The van der Waals surface area contributed by atoms with Crippen LogP contribution in [0.15, 0.2) is 24.3 Å². The number of aliphatic carboxylic acids is 1. The molecule has 2 atom stereocenters. The average Bonchev–Trinajstić information content (AvgIpc) is 3.02. The lowest BCUT2D eigenvalue weighted by atomic mass is 10.1. The number of aryl methyl sites for hydroxylation is 1. The number of nitrogens with one attached hydrogen (secondary N) is 1. The van der Waals surface area contributed by atoms with E-state index in [2.05, 4.69) is 5.32 Å². The third kappa shape index (κ3) is 4.46. The van der Waals surface area contributed by atoms with Crippen LogP contribution in [0.5, 0.6) is 5.75 Å². The molecule has 1 fully saturated rings. The Kier molecular flexibility index (Phi) is 5.77. The van der Waals surface area contributed by atoms with Crippen molar-refractivity contribution in [2.24, 2.45) is 0 Å². The molecule has 1 saturated heterocycles. The number of rotatable bonds is 7. The quantitative estimate of drug-likeness (QED) is 0.743. The number of carboxylic acids is 1. The molecule has 6 nitrogen and oxygen atoms in total. The van der Waals surface area contributed by atoms with Crippen molar-refractivity contribution >= 4 is 11.9 Å². The van der Waals surface area contributed by atoms with Gasteiger partial charge in [-0.25, -0.2) is 4.79 Å². The average molecular weight is 307 g/mol. The predicted molar refractivity (Wildman–Crippen MR) is 79.9 cm³/mol. The Morgan fingerprint density at radius 2 is 1.95 bits per heavy atom. The van der Waals surface area contributed by atoms with Crippen LogP contribution in [-0.4, -0.2) is 42.8 Å². The number of methoxy groups -OCH3 is 1. The predicted octanol–water partition coefficient (Wildman–Crippen LogP) is 1.38. The van der Waals surface area contributed by atoms with Crippen LogP contribution in [0.2, 0.25) is 0 Å². The van der Waals surface area contributed by atoms with Crippen LogP contribution < -0.4 is 10.1 Å². The van der Waals surface area contributed by atoms with Crippen molar-refractivity contribution in [2.75, 3.05) is 13.7 Å². The number of benzene rings is 1. The molecular formula is C16H21NO5. The normalized spacial score (nSPS) is 20.6. The Labute approximate surface area is 129 Å². The summed E-state index contributed by atoms with van der Waals surface area (Å²) in [6.07, 6.45) is 1.03. The lowest BCUT2D eigenvalue weighted by Gasteiger charge is -2.11. The van der Waals surface area contributed by atoms with Crippen LogP contribution in [0.1, 0.15) is 24.8 Å². The number of hydrogen-bond acceptors (Lipinski definition) is 4. The van der Waals surface area contributed by atoms with Crippen molar-refractivity contribution < 1.29 is 24.2 Å². The SMILES string of the molecule is COc1ccc(CCCNC(=O)[C@@H]2CC[C@H](C(=O)O)O2)cc1. The van der Waals surface area contributed by atoms with Gasteiger partial charge in [0.25, 0.3) is 0 Å². The first-order valence-corrected chi connectivity index (χ1v) is 7.39. The van der Waals surface area contributed by atoms with Gasteiger partial charge in [0.05, 0.1) is 7.11 Å². The number of carbonyl (C=O) groups excluding carboxylic acids is 1. The molecule has 22 heavy (non-hydrogen) atoms. The molecule has 0 unspecified atom stereocenters. The van der Waals surface area contributed by atoms with E-state index in [1.54, 1.807) is 7.11 Å². The summed E-state index contributed by atoms with van der Waals surface area (Å²) < 4.78 is 10.3. The van der Waals surface area contributed by atoms with Gasteiger partial charge in [0.2, 0.25) is 5.91 Å². The van der Waals surface area contributed by atoms with Crippen molar-refractivity contribution in [3.63, 3.8) is 0 Å². The Balaban J connectivity index is 1.66. The molecule has 2 N–H and O–H groups in total. The second-order valence-corrected chi connectivity index (χ2v) is 5.27. The second-order valence-electron chi connectivity index (χ2n) is 5.27. The third-order valence-corrected chi connectivity index (χ3v) is 3.69. The van der Waals surface area contributed by atoms with E-state index in [0.29, 0.717) is 19.4 Å². The number of carboxylic acid groups (broad SMARTS) is 1. The molecule has 0 spiro atoms. The van der Waals surface area contributed by atoms with E-state index in [9.17, 15) is 9.59 Å². The molecule has 2 rings (SSSR count). The van der Waals surface area contributed by atoms with Gasteiger partial charge in [-0.05, 0) is 43.4 Å². The molecule has 1 aliphatic rings. The van der Waals surface area contributed by atoms with Gasteiger partial charge >= 0.3 is 5.97 Å². The van der Waals surface area contributed by atoms with Crippen LogP contribution >= 0.6 is 0 Å². The standard InChI is InChI=1S/C16H21NO5/c1-21-12-6-4-11(5-7-12)3-2-10-17-15(18)13-8-9-14(22-13)16(19)20/h4-7,13-14H,2-3,8-10H2,1H3,(H,17,18)(H,19,20)/t13-,14+/m0/s1. The Morgan fingerprint density at radius 1 is 1.27 bits per heavy atom. The lowest BCUT2D eigenvalue weighted by molar-refractivity contribution is -0.151. The van der Waals surface area contributed by atoms with Crippen molar-refractivity contribution in [1.29, 1.82) is 0 Å². The van der Waals surface area contributed by atoms with E-state index in [4.69, 9.17) is 14.6 Å². The van der Waals surface area contributed by atoms with E-state index < -0.39 is 18.2 Å². The molecule has 0 radical (unpaired) electrons. The zero-order valence-electron chi connectivity index (χ0n) is 12.6. The summed E-state index contributed by atoms with van der Waals surface area (Å²) in [5.74, 6) is -0.406. The van der Waals surface area contributed by atoms with Crippen LogP contribution in [-0.2, 0) is 20.7 Å². The van der Waals surface area contributed by atoms with Gasteiger partial charge in [0.15, 0.2) is 6.10 Å². The van der Waals surface area contributed by atoms with Crippen molar-refractivity contribution in [3.8, 4) is 5.75 Å². The summed E-state index contributed by atoms with van der Waals surface area (Å²) in [6, 6.07) is 7.81. The van der Waals surface area contributed by atoms with E-state index >= 15 is 0 Å². The van der Waals surface area contributed by atoms with Gasteiger partial charge in [0.1, 0.15) is 11.9 Å². The molecule has 1 heterocycles. The van der Waals surface area contributed by atoms with Crippen molar-refractivity contribution in [2.45, 2.75) is 37.9 Å². The van der Waals surface area contributed by atoms with Gasteiger partial charge in [-0.15, -0.1) is 0 Å². The third-order valence-electron chi connectivity index (χ3n) is 3.69. The van der Waals surface area contributed by atoms with Gasteiger partial charge in [-0.1, -0.05) is 12.1 Å². The number of carbonyl (C=O) groups is 2. The minimum absolute atomic E-state index is 0.224. The Bertz CT molecular complexity index is 514. The van der Waals surface area contributed by atoms with Gasteiger partial charge < -0.3 is 19.9 Å². The fourth-order valence-electron chi connectivity index (χ4n) is 2.42. The molecule has 1 aromatic carbocycles. The Hall–Kier alpha value is -2.08. The van der Waals surface area contributed by atoms with E-state index in [1.165, 1.54) is 5.56 Å². The van der Waals surface area contributed by atoms with Gasteiger partial charge in [-0.2, -0.15) is 0 Å². The molecular weight excluding hydrogens is 286 g/mol. The van der Waals surface area contributed by atoms with E-state index in [-0.39, 0.29) is 5.91 Å². The monoisotopic (exact) mass is 307 g/mol. The first-order valence-electron chi connectivity index (χ1n) is 7.39. The maximum Gasteiger partial charge on any atom is 0.332 e. The molecule has 6 heteroatoms. The second kappa shape index (κ2) is 7.79. The summed E-state index contributed by atoms with van der Waals surface area (Å²) in [7, 11) is 1.63. The van der Waals surface area contributed by atoms with Crippen LogP contribution in [0.3, 0.4) is 0 Å².